The number of H-pyrrole nitrogens is 1. The second kappa shape index (κ2) is 4.81. The van der Waals surface area contributed by atoms with Crippen molar-refractivity contribution in [3.63, 3.8) is 0 Å². The lowest BCUT2D eigenvalue weighted by molar-refractivity contribution is -0.139. The lowest BCUT2D eigenvalue weighted by Gasteiger charge is -2.21. The number of nitrogens with zero attached hydrogens (tertiary/aromatic N) is 2. The van der Waals surface area contributed by atoms with Crippen LogP contribution in [0.1, 0.15) is 32.5 Å². The van der Waals surface area contributed by atoms with Crippen molar-refractivity contribution in [3.8, 4) is 0 Å². The van der Waals surface area contributed by atoms with Crippen LogP contribution in [0.25, 0.3) is 0 Å². The summed E-state index contributed by atoms with van der Waals surface area (Å²) in [5, 5.41) is 20.4. The minimum Gasteiger partial charge on any atom is -0.479 e. The molecule has 0 saturated heterocycles. The Hall–Kier alpha value is -2.12. The van der Waals surface area contributed by atoms with Crippen LogP contribution in [0.3, 0.4) is 0 Å². The van der Waals surface area contributed by atoms with Crippen LogP contribution < -0.4 is 5.32 Å². The molecule has 0 aliphatic carbocycles. The molecule has 8 heteroatoms. The highest BCUT2D eigenvalue weighted by Crippen LogP contribution is 2.11. The molecule has 17 heavy (non-hydrogen) atoms. The first kappa shape index (κ1) is 12.9. The van der Waals surface area contributed by atoms with Crippen molar-refractivity contribution in [1.29, 1.82) is 0 Å². The zero-order valence-corrected chi connectivity index (χ0v) is 9.72. The molecule has 0 fully saturated rings. The van der Waals surface area contributed by atoms with Crippen molar-refractivity contribution in [2.75, 3.05) is 0 Å². The van der Waals surface area contributed by atoms with Gasteiger partial charge in [0.25, 0.3) is 0 Å². The van der Waals surface area contributed by atoms with E-state index < -0.39 is 23.7 Å². The minimum absolute atomic E-state index is 0.100. The van der Waals surface area contributed by atoms with Crippen LogP contribution in [0.15, 0.2) is 6.20 Å². The maximum Gasteiger partial charge on any atom is 0.408 e. The minimum atomic E-state index is -1.29. The second-order valence-electron chi connectivity index (χ2n) is 4.32. The first-order chi connectivity index (χ1) is 7.79. The number of carboxylic acids is 1. The van der Waals surface area contributed by atoms with Crippen LogP contribution in [-0.2, 0) is 9.53 Å². The zero-order valence-electron chi connectivity index (χ0n) is 9.72. The number of hydrogen-bond donors (Lipinski definition) is 3. The number of carbonyl (C=O) groups is 2. The van der Waals surface area contributed by atoms with Crippen LogP contribution in [-0.4, -0.2) is 38.2 Å². The van der Waals surface area contributed by atoms with Gasteiger partial charge >= 0.3 is 12.1 Å². The molecule has 0 spiro atoms. The first-order valence-corrected chi connectivity index (χ1v) is 4.88. The maximum atomic E-state index is 11.4. The number of carbonyl (C=O) groups excluding carboxylic acids is 1. The van der Waals surface area contributed by atoms with Gasteiger partial charge in [-0.05, 0) is 20.8 Å². The number of hydrogen-bond acceptors (Lipinski definition) is 5. The molecule has 94 valence electrons. The molecule has 3 N–H and O–H groups in total. The van der Waals surface area contributed by atoms with Gasteiger partial charge in [-0.2, -0.15) is 0 Å². The van der Waals surface area contributed by atoms with Crippen molar-refractivity contribution in [1.82, 2.24) is 20.7 Å². The molecule has 1 amide bonds. The smallest absolute Gasteiger partial charge is 0.408 e. The number of amides is 1. The van der Waals surface area contributed by atoms with Crippen molar-refractivity contribution in [2.45, 2.75) is 32.4 Å². The molecule has 0 aliphatic rings. The number of rotatable bonds is 3. The summed E-state index contributed by atoms with van der Waals surface area (Å²) < 4.78 is 4.94. The predicted molar refractivity (Wildman–Crippen MR) is 56.1 cm³/mol. The van der Waals surface area contributed by atoms with E-state index in [0.717, 1.165) is 0 Å². The summed E-state index contributed by atoms with van der Waals surface area (Å²) in [6.07, 6.45) is 0.462. The Balaban J connectivity index is 2.69. The van der Waals surface area contributed by atoms with Crippen molar-refractivity contribution >= 4 is 12.1 Å². The van der Waals surface area contributed by atoms with Gasteiger partial charge in [0.2, 0.25) is 0 Å². The molecule has 0 aromatic carbocycles. The van der Waals surface area contributed by atoms with E-state index in [-0.39, 0.29) is 5.69 Å². The van der Waals surface area contributed by atoms with Crippen molar-refractivity contribution in [3.05, 3.63) is 11.9 Å². The fourth-order valence-corrected chi connectivity index (χ4v) is 1.04. The average molecular weight is 242 g/mol. The summed E-state index contributed by atoms with van der Waals surface area (Å²) in [5.74, 6) is -1.25. The fraction of sp³-hybridized carbons (Fsp3) is 0.556. The molecule has 1 rings (SSSR count). The van der Waals surface area contributed by atoms with E-state index in [4.69, 9.17) is 9.84 Å². The Morgan fingerprint density at radius 3 is 2.59 bits per heavy atom. The Kier molecular flexibility index (Phi) is 3.66. The van der Waals surface area contributed by atoms with Gasteiger partial charge in [0, 0.05) is 6.20 Å². The molecule has 0 aliphatic heterocycles. The van der Waals surface area contributed by atoms with Crippen LogP contribution in [0.5, 0.6) is 0 Å². The van der Waals surface area contributed by atoms with E-state index in [1.807, 2.05) is 0 Å². The lowest BCUT2D eigenvalue weighted by Crippen LogP contribution is -2.38. The highest BCUT2D eigenvalue weighted by Gasteiger charge is 2.27. The largest absolute Gasteiger partial charge is 0.479 e. The van der Waals surface area contributed by atoms with Gasteiger partial charge in [-0.15, -0.1) is 5.10 Å². The molecule has 0 unspecified atom stereocenters. The Morgan fingerprint density at radius 1 is 1.53 bits per heavy atom. The molecule has 0 radical (unpaired) electrons. The number of nitrogens with one attached hydrogen (secondary N) is 2. The number of aliphatic carboxylic acids is 1. The zero-order chi connectivity index (χ0) is 13.1. The van der Waals surface area contributed by atoms with E-state index >= 15 is 0 Å². The Morgan fingerprint density at radius 2 is 2.18 bits per heavy atom. The van der Waals surface area contributed by atoms with Crippen molar-refractivity contribution in [2.24, 2.45) is 0 Å². The van der Waals surface area contributed by atoms with Gasteiger partial charge in [-0.25, -0.2) is 9.59 Å². The summed E-state index contributed by atoms with van der Waals surface area (Å²) in [6, 6.07) is -1.29. The van der Waals surface area contributed by atoms with Crippen LogP contribution in [0.2, 0.25) is 0 Å². The highest BCUT2D eigenvalue weighted by molar-refractivity contribution is 5.80. The summed E-state index contributed by atoms with van der Waals surface area (Å²) in [6.45, 7) is 5.04. The monoisotopic (exact) mass is 242 g/mol. The third kappa shape index (κ3) is 4.09. The van der Waals surface area contributed by atoms with Gasteiger partial charge in [0.15, 0.2) is 6.04 Å². The molecule has 1 aromatic heterocycles. The summed E-state index contributed by atoms with van der Waals surface area (Å²) in [4.78, 5) is 22.4. The number of aromatic nitrogens is 3. The molecule has 8 nitrogen and oxygen atoms in total. The van der Waals surface area contributed by atoms with Gasteiger partial charge in [-0.3, -0.25) is 5.10 Å². The maximum absolute atomic E-state index is 11.4. The van der Waals surface area contributed by atoms with E-state index in [9.17, 15) is 9.59 Å². The average Bonchev–Trinajstić information content (AvgIpc) is 2.63. The molecule has 0 saturated carbocycles. The predicted octanol–water partition coefficient (Wildman–Crippen LogP) is 0.455. The van der Waals surface area contributed by atoms with Crippen LogP contribution >= 0.6 is 0 Å². The topological polar surface area (TPSA) is 117 Å². The molecule has 1 atom stereocenters. The third-order valence-corrected chi connectivity index (χ3v) is 1.64. The van der Waals surface area contributed by atoms with E-state index in [1.165, 1.54) is 6.20 Å². The Labute approximate surface area is 97.4 Å². The first-order valence-electron chi connectivity index (χ1n) is 4.88. The molecular weight excluding hydrogens is 228 g/mol. The molecule has 0 bridgehead atoms. The number of ether oxygens (including phenoxy) is 1. The third-order valence-electron chi connectivity index (χ3n) is 1.64. The molecule has 1 heterocycles. The summed E-state index contributed by atoms with van der Waals surface area (Å²) in [5.41, 5.74) is -0.597. The van der Waals surface area contributed by atoms with E-state index in [0.29, 0.717) is 0 Å². The van der Waals surface area contributed by atoms with Crippen LogP contribution in [0.4, 0.5) is 4.79 Å². The number of carboxylic acid groups (broad SMARTS) is 1. The normalized spacial score (nSPS) is 12.9. The van der Waals surface area contributed by atoms with Gasteiger partial charge in [0.05, 0.1) is 0 Å². The van der Waals surface area contributed by atoms with E-state index in [2.05, 4.69) is 20.7 Å². The quantitative estimate of drug-likeness (QED) is 0.708. The van der Waals surface area contributed by atoms with Gasteiger partial charge < -0.3 is 15.2 Å². The Bertz CT molecular complexity index is 396. The molecule has 1 aromatic rings. The van der Waals surface area contributed by atoms with Crippen LogP contribution in [0, 0.1) is 0 Å². The summed E-state index contributed by atoms with van der Waals surface area (Å²) in [7, 11) is 0. The number of aromatic amines is 1. The van der Waals surface area contributed by atoms with Crippen molar-refractivity contribution < 1.29 is 19.4 Å². The number of alkyl carbamates (subject to hydrolysis) is 1. The lowest BCUT2D eigenvalue weighted by atomic mass is 10.2. The molecular formula is C9H14N4O4. The fourth-order valence-electron chi connectivity index (χ4n) is 1.04. The van der Waals surface area contributed by atoms with Gasteiger partial charge in [-0.1, -0.05) is 5.21 Å². The summed E-state index contributed by atoms with van der Waals surface area (Å²) >= 11 is 0. The standard InChI is InChI=1S/C9H14N4O4/c1-9(2,3)17-8(16)11-6(7(14)15)5-4-10-13-12-5/h4,6H,1-3H3,(H,11,16)(H,14,15)(H,10,12,13)/t6-/m1/s1. The second-order valence-corrected chi connectivity index (χ2v) is 4.32. The van der Waals surface area contributed by atoms with Gasteiger partial charge in [0.1, 0.15) is 11.3 Å². The highest BCUT2D eigenvalue weighted by atomic mass is 16.6. The van der Waals surface area contributed by atoms with E-state index in [1.54, 1.807) is 20.8 Å². The SMILES string of the molecule is CC(C)(C)OC(=O)N[C@@H](C(=O)O)c1c[nH]nn1.